The number of imide groups is 1. The molecule has 0 spiro atoms. The Morgan fingerprint density at radius 3 is 2.53 bits per heavy atom. The summed E-state index contributed by atoms with van der Waals surface area (Å²) in [6.45, 7) is 0. The van der Waals surface area contributed by atoms with Crippen molar-refractivity contribution in [3.05, 3.63) is 40.3 Å². The third kappa shape index (κ3) is 2.80. The SMILES string of the molecule is COC(=O)C=C1SC(=O)N(c2ccc(Cl)cc2)C1=O. The maximum Gasteiger partial charge on any atom is 0.331 e. The van der Waals surface area contributed by atoms with Crippen LogP contribution in [0.5, 0.6) is 0 Å². The van der Waals surface area contributed by atoms with Crippen LogP contribution in [0.2, 0.25) is 5.02 Å². The van der Waals surface area contributed by atoms with E-state index in [2.05, 4.69) is 4.74 Å². The summed E-state index contributed by atoms with van der Waals surface area (Å²) in [6, 6.07) is 6.26. The second-order valence-corrected chi connectivity index (χ2v) is 4.95. The molecule has 2 rings (SSSR count). The van der Waals surface area contributed by atoms with Crippen molar-refractivity contribution in [1.29, 1.82) is 0 Å². The first-order valence-electron chi connectivity index (χ1n) is 5.14. The van der Waals surface area contributed by atoms with Crippen LogP contribution in [-0.2, 0) is 14.3 Å². The average molecular weight is 298 g/mol. The van der Waals surface area contributed by atoms with Gasteiger partial charge in [-0.1, -0.05) is 11.6 Å². The summed E-state index contributed by atoms with van der Waals surface area (Å²) >= 11 is 6.43. The third-order valence-corrected chi connectivity index (χ3v) is 3.45. The van der Waals surface area contributed by atoms with E-state index >= 15 is 0 Å². The van der Waals surface area contributed by atoms with Gasteiger partial charge in [-0.3, -0.25) is 9.59 Å². The molecule has 1 aromatic rings. The first-order valence-corrected chi connectivity index (χ1v) is 6.34. The van der Waals surface area contributed by atoms with Crippen molar-refractivity contribution in [2.75, 3.05) is 12.0 Å². The Bertz CT molecular complexity index is 582. The summed E-state index contributed by atoms with van der Waals surface area (Å²) in [4.78, 5) is 35.9. The van der Waals surface area contributed by atoms with Crippen LogP contribution in [0.25, 0.3) is 0 Å². The summed E-state index contributed by atoms with van der Waals surface area (Å²) < 4.78 is 4.42. The van der Waals surface area contributed by atoms with Gasteiger partial charge in [-0.15, -0.1) is 0 Å². The number of anilines is 1. The lowest BCUT2D eigenvalue weighted by molar-refractivity contribution is -0.135. The molecule has 0 aromatic heterocycles. The quantitative estimate of drug-likeness (QED) is 0.620. The van der Waals surface area contributed by atoms with Crippen molar-refractivity contribution in [3.8, 4) is 0 Å². The molecule has 19 heavy (non-hydrogen) atoms. The molecule has 1 aliphatic heterocycles. The van der Waals surface area contributed by atoms with Gasteiger partial charge in [-0.2, -0.15) is 0 Å². The third-order valence-electron chi connectivity index (χ3n) is 2.33. The maximum absolute atomic E-state index is 12.0. The molecule has 1 aromatic carbocycles. The van der Waals surface area contributed by atoms with Crippen LogP contribution < -0.4 is 4.90 Å². The highest BCUT2D eigenvalue weighted by molar-refractivity contribution is 8.18. The number of hydrogen-bond acceptors (Lipinski definition) is 5. The number of rotatable bonds is 2. The topological polar surface area (TPSA) is 63.7 Å². The van der Waals surface area contributed by atoms with E-state index in [0.29, 0.717) is 22.5 Å². The van der Waals surface area contributed by atoms with E-state index in [4.69, 9.17) is 11.6 Å². The second-order valence-electron chi connectivity index (χ2n) is 3.52. The van der Waals surface area contributed by atoms with Gasteiger partial charge in [-0.05, 0) is 36.0 Å². The first-order chi connectivity index (χ1) is 9.02. The van der Waals surface area contributed by atoms with E-state index < -0.39 is 17.1 Å². The van der Waals surface area contributed by atoms with Crippen molar-refractivity contribution in [2.45, 2.75) is 0 Å². The largest absolute Gasteiger partial charge is 0.466 e. The number of benzene rings is 1. The summed E-state index contributed by atoms with van der Waals surface area (Å²) in [6.07, 6.45) is 1.00. The summed E-state index contributed by atoms with van der Waals surface area (Å²) in [5, 5.41) is 0.0308. The van der Waals surface area contributed by atoms with Gasteiger partial charge in [0.05, 0.1) is 17.7 Å². The number of esters is 1. The van der Waals surface area contributed by atoms with E-state index in [1.54, 1.807) is 24.3 Å². The predicted octanol–water partition coefficient (Wildman–Crippen LogP) is 2.60. The highest BCUT2D eigenvalue weighted by Gasteiger charge is 2.36. The maximum atomic E-state index is 12.0. The summed E-state index contributed by atoms with van der Waals surface area (Å²) in [7, 11) is 1.20. The van der Waals surface area contributed by atoms with Gasteiger partial charge in [0, 0.05) is 11.1 Å². The van der Waals surface area contributed by atoms with Crippen LogP contribution in [0, 0.1) is 0 Å². The number of hydrogen-bond donors (Lipinski definition) is 0. The minimum atomic E-state index is -0.679. The molecule has 0 atom stereocenters. The lowest BCUT2D eigenvalue weighted by Crippen LogP contribution is -2.27. The van der Waals surface area contributed by atoms with Gasteiger partial charge in [0.25, 0.3) is 11.1 Å². The fourth-order valence-electron chi connectivity index (χ4n) is 1.45. The Balaban J connectivity index is 2.31. The highest BCUT2D eigenvalue weighted by atomic mass is 35.5. The highest BCUT2D eigenvalue weighted by Crippen LogP contribution is 2.34. The zero-order valence-corrected chi connectivity index (χ0v) is 11.3. The molecular formula is C12H8ClNO4S. The van der Waals surface area contributed by atoms with Crippen LogP contribution in [0.3, 0.4) is 0 Å². The molecule has 98 valence electrons. The molecule has 0 aliphatic carbocycles. The van der Waals surface area contributed by atoms with Crippen LogP contribution in [0.15, 0.2) is 35.2 Å². The number of halogens is 1. The molecule has 1 aliphatic rings. The van der Waals surface area contributed by atoms with Gasteiger partial charge in [0.1, 0.15) is 0 Å². The van der Waals surface area contributed by atoms with Gasteiger partial charge in [0.2, 0.25) is 0 Å². The van der Waals surface area contributed by atoms with E-state index in [1.165, 1.54) is 7.11 Å². The Morgan fingerprint density at radius 1 is 1.32 bits per heavy atom. The van der Waals surface area contributed by atoms with Crippen LogP contribution >= 0.6 is 23.4 Å². The number of methoxy groups -OCH3 is 1. The van der Waals surface area contributed by atoms with Crippen LogP contribution in [-0.4, -0.2) is 24.2 Å². The molecule has 0 saturated carbocycles. The van der Waals surface area contributed by atoms with E-state index in [9.17, 15) is 14.4 Å². The first kappa shape index (κ1) is 13.6. The van der Waals surface area contributed by atoms with Crippen molar-refractivity contribution in [3.63, 3.8) is 0 Å². The summed E-state index contributed by atoms with van der Waals surface area (Å²) in [5.41, 5.74) is 0.403. The van der Waals surface area contributed by atoms with E-state index in [0.717, 1.165) is 11.0 Å². The number of thioether (sulfide) groups is 1. The summed E-state index contributed by atoms with van der Waals surface area (Å²) in [5.74, 6) is -1.23. The molecular weight excluding hydrogens is 290 g/mol. The molecule has 1 fully saturated rings. The normalized spacial score (nSPS) is 17.2. The fourth-order valence-corrected chi connectivity index (χ4v) is 2.37. The molecule has 5 nitrogen and oxygen atoms in total. The molecule has 1 heterocycles. The zero-order valence-electron chi connectivity index (χ0n) is 9.75. The number of carbonyl (C=O) groups is 3. The molecule has 0 unspecified atom stereocenters. The average Bonchev–Trinajstić information content (AvgIpc) is 2.66. The molecule has 0 N–H and O–H groups in total. The Hall–Kier alpha value is -1.79. The van der Waals surface area contributed by atoms with Crippen molar-refractivity contribution in [2.24, 2.45) is 0 Å². The van der Waals surface area contributed by atoms with Gasteiger partial charge in [0.15, 0.2) is 0 Å². The van der Waals surface area contributed by atoms with Crippen LogP contribution in [0.1, 0.15) is 0 Å². The van der Waals surface area contributed by atoms with E-state index in [1.807, 2.05) is 0 Å². The zero-order chi connectivity index (χ0) is 14.0. The Labute approximate surface area is 118 Å². The monoisotopic (exact) mass is 297 g/mol. The molecule has 1 saturated heterocycles. The Morgan fingerprint density at radius 2 is 1.95 bits per heavy atom. The number of ether oxygens (including phenoxy) is 1. The van der Waals surface area contributed by atoms with Crippen molar-refractivity contribution >= 4 is 46.2 Å². The van der Waals surface area contributed by atoms with Crippen molar-refractivity contribution in [1.82, 2.24) is 0 Å². The lowest BCUT2D eigenvalue weighted by atomic mass is 10.3. The number of carbonyl (C=O) groups excluding carboxylic acids is 3. The van der Waals surface area contributed by atoms with Gasteiger partial charge in [-0.25, -0.2) is 9.69 Å². The number of amides is 2. The molecule has 0 bridgehead atoms. The minimum absolute atomic E-state index is 0.0341. The molecule has 0 radical (unpaired) electrons. The molecule has 2 amide bonds. The lowest BCUT2D eigenvalue weighted by Gasteiger charge is -2.11. The van der Waals surface area contributed by atoms with Crippen molar-refractivity contribution < 1.29 is 19.1 Å². The predicted molar refractivity (Wildman–Crippen MR) is 72.0 cm³/mol. The number of nitrogens with zero attached hydrogens (tertiary/aromatic N) is 1. The smallest absolute Gasteiger partial charge is 0.331 e. The van der Waals surface area contributed by atoms with Gasteiger partial charge >= 0.3 is 5.97 Å². The molecule has 7 heteroatoms. The fraction of sp³-hybridized carbons (Fsp3) is 0.0833. The van der Waals surface area contributed by atoms with Crippen LogP contribution in [0.4, 0.5) is 10.5 Å². The van der Waals surface area contributed by atoms with E-state index in [-0.39, 0.29) is 4.91 Å². The Kier molecular flexibility index (Phi) is 3.92. The van der Waals surface area contributed by atoms with Gasteiger partial charge < -0.3 is 4.74 Å². The second kappa shape index (κ2) is 5.46. The standard InChI is InChI=1S/C12H8ClNO4S/c1-18-10(15)6-9-11(16)14(12(17)19-9)8-4-2-7(13)3-5-8/h2-6H,1H3. The minimum Gasteiger partial charge on any atom is -0.466 e.